The first-order valence-electron chi connectivity index (χ1n) is 4.31. The molecule has 2 aromatic rings. The fourth-order valence-corrected chi connectivity index (χ4v) is 5.64. The molecule has 0 N–H and O–H groups in total. The first kappa shape index (κ1) is 8.99. The third-order valence-corrected chi connectivity index (χ3v) is 7.86. The van der Waals surface area contributed by atoms with Gasteiger partial charge < -0.3 is 0 Å². The molecule has 0 aliphatic heterocycles. The molecule has 68 valence electrons. The summed E-state index contributed by atoms with van der Waals surface area (Å²) in [6.45, 7) is 0. The summed E-state index contributed by atoms with van der Waals surface area (Å²) in [4.78, 5) is 7.08. The molecule has 0 aliphatic rings. The van der Waals surface area contributed by atoms with E-state index in [4.69, 9.17) is 4.63 Å². The molecular weight excluding hydrogens is 271 g/mol. The van der Waals surface area contributed by atoms with Gasteiger partial charge in [-0.25, -0.2) is 0 Å². The number of hydrogen-bond acceptors (Lipinski definition) is 3. The summed E-state index contributed by atoms with van der Waals surface area (Å²) in [6.07, 6.45) is 0. The Balaban J connectivity index is 2.75. The van der Waals surface area contributed by atoms with Gasteiger partial charge in [0, 0.05) is 0 Å². The van der Waals surface area contributed by atoms with Crippen molar-refractivity contribution < 1.29 is 4.63 Å². The Kier molecular flexibility index (Phi) is 2.06. The Morgan fingerprint density at radius 3 is 2.62 bits per heavy atom. The van der Waals surface area contributed by atoms with E-state index in [1.54, 1.807) is 0 Å². The van der Waals surface area contributed by atoms with Crippen molar-refractivity contribution in [3.05, 3.63) is 18.2 Å². The second kappa shape index (κ2) is 2.97. The van der Waals surface area contributed by atoms with Crippen LogP contribution in [0.5, 0.6) is 0 Å². The maximum absolute atomic E-state index is 4.73. The average molecular weight is 283 g/mol. The van der Waals surface area contributed by atoms with Crippen LogP contribution in [0.15, 0.2) is 22.8 Å². The van der Waals surface area contributed by atoms with Crippen LogP contribution < -0.4 is 3.58 Å². The van der Waals surface area contributed by atoms with Gasteiger partial charge in [0.05, 0.1) is 0 Å². The van der Waals surface area contributed by atoms with Gasteiger partial charge in [-0.15, -0.1) is 0 Å². The Bertz CT molecular complexity index is 430. The van der Waals surface area contributed by atoms with Crippen LogP contribution in [0.4, 0.5) is 0 Å². The van der Waals surface area contributed by atoms with Gasteiger partial charge in [0.15, 0.2) is 0 Å². The van der Waals surface area contributed by atoms with Crippen molar-refractivity contribution in [1.82, 2.24) is 10.3 Å². The van der Waals surface area contributed by atoms with Crippen molar-refractivity contribution in [2.75, 3.05) is 0 Å². The molecule has 13 heavy (non-hydrogen) atoms. The Hall–Kier alpha value is -0.581. The first-order chi connectivity index (χ1) is 6.09. The van der Waals surface area contributed by atoms with Gasteiger partial charge in [-0.05, 0) is 0 Å². The first-order valence-corrected chi connectivity index (χ1v) is 14.3. The topological polar surface area (TPSA) is 38.9 Å². The Labute approximate surface area is 81.0 Å². The molecule has 0 bridgehead atoms. The molecule has 0 amide bonds. The van der Waals surface area contributed by atoms with Gasteiger partial charge in [-0.3, -0.25) is 0 Å². The Morgan fingerprint density at radius 1 is 1.15 bits per heavy atom. The van der Waals surface area contributed by atoms with E-state index in [1.165, 1.54) is 3.58 Å². The van der Waals surface area contributed by atoms with Gasteiger partial charge in [-0.1, -0.05) is 0 Å². The van der Waals surface area contributed by atoms with E-state index in [9.17, 15) is 0 Å². The molecular formula is C9H12N2OSn. The monoisotopic (exact) mass is 284 g/mol. The fraction of sp³-hybridized carbons (Fsp3) is 0.333. The van der Waals surface area contributed by atoms with Gasteiger partial charge in [0.1, 0.15) is 0 Å². The van der Waals surface area contributed by atoms with Crippen LogP contribution in [0.25, 0.3) is 11.0 Å². The maximum atomic E-state index is 4.73. The standard InChI is InChI=1S/C6H3N2O.3CH3.Sn/c1-2-4-6-5(3-1)7-9-8-6;;;;/h1-3H;3*1H3;. The molecule has 0 radical (unpaired) electrons. The number of nitrogens with zero attached hydrogens (tertiary/aromatic N) is 2. The van der Waals surface area contributed by atoms with Crippen LogP contribution >= 0.6 is 0 Å². The molecule has 0 fully saturated rings. The summed E-state index contributed by atoms with van der Waals surface area (Å²) in [5.41, 5.74) is 1.84. The number of hydrogen-bond donors (Lipinski definition) is 0. The van der Waals surface area contributed by atoms with Crippen molar-refractivity contribution in [1.29, 1.82) is 0 Å². The second-order valence-electron chi connectivity index (χ2n) is 4.19. The number of aromatic nitrogens is 2. The zero-order valence-electron chi connectivity index (χ0n) is 8.03. The van der Waals surface area contributed by atoms with Crippen LogP contribution in [0.2, 0.25) is 14.8 Å². The van der Waals surface area contributed by atoms with Crippen molar-refractivity contribution in [3.8, 4) is 0 Å². The predicted octanol–water partition coefficient (Wildman–Crippen LogP) is 1.77. The summed E-state index contributed by atoms with van der Waals surface area (Å²) in [7, 11) is 0. The van der Waals surface area contributed by atoms with E-state index in [1.807, 2.05) is 12.1 Å². The summed E-state index contributed by atoms with van der Waals surface area (Å²) in [6, 6.07) is 6.12. The number of fused-ring (bicyclic) bond motifs is 1. The molecule has 0 unspecified atom stereocenters. The van der Waals surface area contributed by atoms with E-state index >= 15 is 0 Å². The molecule has 0 saturated carbocycles. The summed E-state index contributed by atoms with van der Waals surface area (Å²) in [5, 5.41) is 7.79. The third-order valence-electron chi connectivity index (χ3n) is 2.09. The van der Waals surface area contributed by atoms with E-state index < -0.39 is 18.4 Å². The molecule has 0 spiro atoms. The molecule has 0 aliphatic carbocycles. The zero-order valence-corrected chi connectivity index (χ0v) is 10.9. The molecule has 3 nitrogen and oxygen atoms in total. The molecule has 0 saturated heterocycles. The summed E-state index contributed by atoms with van der Waals surface area (Å²) in [5.74, 6) is 0. The third kappa shape index (κ3) is 1.57. The number of benzene rings is 1. The van der Waals surface area contributed by atoms with Crippen LogP contribution in [0.3, 0.4) is 0 Å². The van der Waals surface area contributed by atoms with Gasteiger partial charge >= 0.3 is 81.0 Å². The molecule has 1 heterocycles. The van der Waals surface area contributed by atoms with Crippen molar-refractivity contribution in [2.24, 2.45) is 0 Å². The fourth-order valence-electron chi connectivity index (χ4n) is 1.41. The molecule has 0 atom stereocenters. The van der Waals surface area contributed by atoms with E-state index in [2.05, 4.69) is 31.2 Å². The van der Waals surface area contributed by atoms with E-state index in [0.717, 1.165) is 11.0 Å². The summed E-state index contributed by atoms with van der Waals surface area (Å²) >= 11 is -2.04. The second-order valence-corrected chi connectivity index (χ2v) is 18.6. The minimum absolute atomic E-state index is 0.879. The van der Waals surface area contributed by atoms with Crippen LogP contribution in [0, 0.1) is 0 Å². The minimum atomic E-state index is -2.04. The van der Waals surface area contributed by atoms with Crippen LogP contribution in [-0.4, -0.2) is 28.7 Å². The quantitative estimate of drug-likeness (QED) is 0.749. The van der Waals surface area contributed by atoms with Gasteiger partial charge in [0.25, 0.3) is 0 Å². The van der Waals surface area contributed by atoms with E-state index in [0.29, 0.717) is 0 Å². The number of rotatable bonds is 1. The zero-order chi connectivity index (χ0) is 9.47. The molecule has 2 rings (SSSR count). The summed E-state index contributed by atoms with van der Waals surface area (Å²) < 4.78 is 6.12. The predicted molar refractivity (Wildman–Crippen MR) is 54.8 cm³/mol. The normalized spacial score (nSPS) is 12.2. The van der Waals surface area contributed by atoms with E-state index in [-0.39, 0.29) is 0 Å². The van der Waals surface area contributed by atoms with Crippen LogP contribution in [-0.2, 0) is 0 Å². The van der Waals surface area contributed by atoms with Crippen molar-refractivity contribution in [2.45, 2.75) is 14.8 Å². The average Bonchev–Trinajstić information content (AvgIpc) is 2.48. The van der Waals surface area contributed by atoms with Crippen LogP contribution in [0.1, 0.15) is 0 Å². The van der Waals surface area contributed by atoms with Crippen molar-refractivity contribution in [3.63, 3.8) is 0 Å². The molecule has 4 heteroatoms. The van der Waals surface area contributed by atoms with Crippen molar-refractivity contribution >= 4 is 33.0 Å². The Morgan fingerprint density at radius 2 is 1.92 bits per heavy atom. The molecule has 1 aromatic heterocycles. The SMILES string of the molecule is [CH3][Sn]([CH3])([CH3])[c]1cccc2nonc12. The van der Waals surface area contributed by atoms with Gasteiger partial charge in [-0.2, -0.15) is 0 Å². The molecule has 1 aromatic carbocycles. The van der Waals surface area contributed by atoms with Gasteiger partial charge in [0.2, 0.25) is 0 Å².